The second-order valence-electron chi connectivity index (χ2n) is 5.42. The van der Waals surface area contributed by atoms with Gasteiger partial charge in [-0.25, -0.2) is 0 Å². The van der Waals surface area contributed by atoms with Crippen molar-refractivity contribution in [2.45, 2.75) is 12.8 Å². The Kier molecular flexibility index (Phi) is 3.92. The molecular weight excluding hydrogens is 312 g/mol. The van der Waals surface area contributed by atoms with Gasteiger partial charge in [0.05, 0.1) is 17.0 Å². The summed E-state index contributed by atoms with van der Waals surface area (Å²) in [5, 5.41) is 1.28. The molecule has 1 atom stereocenters. The summed E-state index contributed by atoms with van der Waals surface area (Å²) >= 11 is 6.01. The Morgan fingerprint density at radius 3 is 2.52 bits per heavy atom. The number of aromatic amines is 1. The predicted molar refractivity (Wildman–Crippen MR) is 92.6 cm³/mol. The molecule has 0 aliphatic rings. The van der Waals surface area contributed by atoms with Gasteiger partial charge in [0, 0.05) is 10.4 Å². The number of carbonyl (C=O) groups excluding carboxylic acids is 1. The Hall–Kier alpha value is -2.59. The summed E-state index contributed by atoms with van der Waals surface area (Å²) in [6.07, 6.45) is 0. The van der Waals surface area contributed by atoms with Crippen LogP contribution in [0.15, 0.2) is 53.3 Å². The van der Waals surface area contributed by atoms with Crippen LogP contribution in [-0.4, -0.2) is 10.9 Å². The molecule has 3 N–H and O–H groups in total. The van der Waals surface area contributed by atoms with E-state index < -0.39 is 11.8 Å². The first-order chi connectivity index (χ1) is 11.0. The number of amides is 1. The molecule has 1 heterocycles. The second kappa shape index (κ2) is 5.89. The molecule has 0 radical (unpaired) electrons. The zero-order valence-corrected chi connectivity index (χ0v) is 13.2. The average molecular weight is 327 g/mol. The monoisotopic (exact) mass is 326 g/mol. The van der Waals surface area contributed by atoms with E-state index in [1.807, 2.05) is 30.3 Å². The Bertz CT molecular complexity index is 948. The molecule has 0 fully saturated rings. The number of benzene rings is 2. The molecule has 0 aliphatic carbocycles. The van der Waals surface area contributed by atoms with E-state index in [1.54, 1.807) is 25.1 Å². The smallest absolute Gasteiger partial charge is 0.256 e. The van der Waals surface area contributed by atoms with Crippen molar-refractivity contribution >= 4 is 28.4 Å². The van der Waals surface area contributed by atoms with Gasteiger partial charge in [-0.05, 0) is 30.2 Å². The summed E-state index contributed by atoms with van der Waals surface area (Å²) in [5.41, 5.74) is 7.66. The summed E-state index contributed by atoms with van der Waals surface area (Å²) in [5.74, 6) is -1.08. The van der Waals surface area contributed by atoms with Gasteiger partial charge in [-0.15, -0.1) is 0 Å². The van der Waals surface area contributed by atoms with Gasteiger partial charge in [0.15, 0.2) is 0 Å². The molecule has 1 unspecified atom stereocenters. The third-order valence-electron chi connectivity index (χ3n) is 3.94. The molecular formula is C18H15ClN2O2. The lowest BCUT2D eigenvalue weighted by atomic mass is 9.89. The highest BCUT2D eigenvalue weighted by atomic mass is 35.5. The molecule has 3 aromatic rings. The van der Waals surface area contributed by atoms with E-state index >= 15 is 0 Å². The number of nitrogens with one attached hydrogen (secondary N) is 1. The molecule has 4 nitrogen and oxygen atoms in total. The van der Waals surface area contributed by atoms with Crippen LogP contribution >= 0.6 is 11.6 Å². The Morgan fingerprint density at radius 2 is 1.87 bits per heavy atom. The molecule has 1 amide bonds. The quantitative estimate of drug-likeness (QED) is 0.773. The van der Waals surface area contributed by atoms with Crippen molar-refractivity contribution in [3.05, 3.63) is 69.5 Å². The van der Waals surface area contributed by atoms with Crippen LogP contribution in [0.1, 0.15) is 18.4 Å². The average Bonchev–Trinajstić information content (AvgIpc) is 2.53. The molecule has 116 valence electrons. The predicted octanol–water partition coefficient (Wildman–Crippen LogP) is 3.44. The number of fused-ring (bicyclic) bond motifs is 1. The molecule has 5 heteroatoms. The fourth-order valence-electron chi connectivity index (χ4n) is 2.78. The number of hydrogen-bond donors (Lipinski definition) is 2. The Balaban J connectivity index is 2.46. The van der Waals surface area contributed by atoms with Gasteiger partial charge in [-0.1, -0.05) is 48.0 Å². The Morgan fingerprint density at radius 1 is 1.17 bits per heavy atom. The van der Waals surface area contributed by atoms with E-state index in [0.29, 0.717) is 21.7 Å². The fourth-order valence-corrected chi connectivity index (χ4v) is 2.95. The van der Waals surface area contributed by atoms with Crippen LogP contribution in [0.25, 0.3) is 22.0 Å². The van der Waals surface area contributed by atoms with E-state index in [-0.39, 0.29) is 5.56 Å². The summed E-state index contributed by atoms with van der Waals surface area (Å²) in [6, 6.07) is 14.4. The zero-order chi connectivity index (χ0) is 16.6. The third kappa shape index (κ3) is 2.73. The van der Waals surface area contributed by atoms with Gasteiger partial charge in [-0.3, -0.25) is 9.59 Å². The highest BCUT2D eigenvalue weighted by Gasteiger charge is 2.22. The summed E-state index contributed by atoms with van der Waals surface area (Å²) in [6.45, 7) is 1.71. The van der Waals surface area contributed by atoms with Crippen molar-refractivity contribution in [3.63, 3.8) is 0 Å². The maximum absolute atomic E-state index is 12.6. The minimum Gasteiger partial charge on any atom is -0.369 e. The number of nitrogens with two attached hydrogens (primary N) is 1. The SMILES string of the molecule is CC(C(N)=O)c1c(-c2ccccc2)c(=O)[nH]c2cc(Cl)ccc12. The van der Waals surface area contributed by atoms with Crippen LogP contribution in [0.5, 0.6) is 0 Å². The van der Waals surface area contributed by atoms with Crippen LogP contribution in [0, 0.1) is 0 Å². The highest BCUT2D eigenvalue weighted by Crippen LogP contribution is 2.32. The Labute approximate surface area is 137 Å². The van der Waals surface area contributed by atoms with Gasteiger partial charge >= 0.3 is 0 Å². The number of rotatable bonds is 3. The number of hydrogen-bond acceptors (Lipinski definition) is 2. The van der Waals surface area contributed by atoms with Crippen LogP contribution in [0.2, 0.25) is 5.02 Å². The van der Waals surface area contributed by atoms with Crippen LogP contribution < -0.4 is 11.3 Å². The topological polar surface area (TPSA) is 76.0 Å². The van der Waals surface area contributed by atoms with Crippen LogP contribution in [0.4, 0.5) is 0 Å². The molecule has 23 heavy (non-hydrogen) atoms. The van der Waals surface area contributed by atoms with Gasteiger partial charge < -0.3 is 10.7 Å². The van der Waals surface area contributed by atoms with Crippen LogP contribution in [0.3, 0.4) is 0 Å². The van der Waals surface area contributed by atoms with E-state index in [0.717, 1.165) is 10.9 Å². The highest BCUT2D eigenvalue weighted by molar-refractivity contribution is 6.31. The van der Waals surface area contributed by atoms with E-state index in [4.69, 9.17) is 17.3 Å². The van der Waals surface area contributed by atoms with E-state index in [2.05, 4.69) is 4.98 Å². The van der Waals surface area contributed by atoms with E-state index in [9.17, 15) is 9.59 Å². The summed E-state index contributed by atoms with van der Waals surface area (Å²) in [4.78, 5) is 27.3. The molecule has 1 aromatic heterocycles. The lowest BCUT2D eigenvalue weighted by molar-refractivity contribution is -0.119. The number of H-pyrrole nitrogens is 1. The van der Waals surface area contributed by atoms with Gasteiger partial charge in [0.1, 0.15) is 0 Å². The maximum atomic E-state index is 12.6. The number of aromatic nitrogens is 1. The maximum Gasteiger partial charge on any atom is 0.256 e. The molecule has 0 spiro atoms. The lowest BCUT2D eigenvalue weighted by Crippen LogP contribution is -2.23. The minimum absolute atomic E-state index is 0.269. The minimum atomic E-state index is -0.601. The van der Waals surface area contributed by atoms with Crippen molar-refractivity contribution in [1.29, 1.82) is 0 Å². The summed E-state index contributed by atoms with van der Waals surface area (Å²) < 4.78 is 0. The van der Waals surface area contributed by atoms with Gasteiger partial charge in [0.2, 0.25) is 5.91 Å². The molecule has 0 bridgehead atoms. The second-order valence-corrected chi connectivity index (χ2v) is 5.86. The molecule has 0 aliphatic heterocycles. The molecule has 0 saturated carbocycles. The third-order valence-corrected chi connectivity index (χ3v) is 4.17. The van der Waals surface area contributed by atoms with Crippen molar-refractivity contribution in [2.75, 3.05) is 0 Å². The normalized spacial score (nSPS) is 12.3. The number of primary amides is 1. The first-order valence-electron chi connectivity index (χ1n) is 7.19. The lowest BCUT2D eigenvalue weighted by Gasteiger charge is -2.16. The van der Waals surface area contributed by atoms with Crippen molar-refractivity contribution in [1.82, 2.24) is 4.98 Å². The van der Waals surface area contributed by atoms with Gasteiger partial charge in [-0.2, -0.15) is 0 Å². The fraction of sp³-hybridized carbons (Fsp3) is 0.111. The summed E-state index contributed by atoms with van der Waals surface area (Å²) in [7, 11) is 0. The van der Waals surface area contributed by atoms with E-state index in [1.165, 1.54) is 0 Å². The number of pyridine rings is 1. The molecule has 0 saturated heterocycles. The van der Waals surface area contributed by atoms with Crippen molar-refractivity contribution in [2.24, 2.45) is 5.73 Å². The largest absolute Gasteiger partial charge is 0.369 e. The molecule has 2 aromatic carbocycles. The van der Waals surface area contributed by atoms with Crippen molar-refractivity contribution < 1.29 is 4.79 Å². The first kappa shape index (κ1) is 15.3. The molecule has 3 rings (SSSR count). The number of carbonyl (C=O) groups is 1. The first-order valence-corrected chi connectivity index (χ1v) is 7.57. The zero-order valence-electron chi connectivity index (χ0n) is 12.5. The standard InChI is InChI=1S/C18H15ClN2O2/c1-10(17(20)22)15-13-8-7-12(19)9-14(13)21-18(23)16(15)11-5-3-2-4-6-11/h2-10H,1H3,(H2,20,22)(H,21,23). The van der Waals surface area contributed by atoms with Crippen LogP contribution in [-0.2, 0) is 4.79 Å². The van der Waals surface area contributed by atoms with Crippen molar-refractivity contribution in [3.8, 4) is 11.1 Å². The van der Waals surface area contributed by atoms with Gasteiger partial charge in [0.25, 0.3) is 5.56 Å². The number of halogens is 1.